The Morgan fingerprint density at radius 2 is 1.92 bits per heavy atom. The van der Waals surface area contributed by atoms with Crippen LogP contribution in [0, 0.1) is 5.82 Å². The third-order valence-corrected chi connectivity index (χ3v) is 5.38. The Morgan fingerprint density at radius 1 is 1.19 bits per heavy atom. The fourth-order valence-corrected chi connectivity index (χ4v) is 3.86. The quantitative estimate of drug-likeness (QED) is 0.797. The summed E-state index contributed by atoms with van der Waals surface area (Å²) in [6.45, 7) is 3.23. The van der Waals surface area contributed by atoms with E-state index in [2.05, 4.69) is 10.2 Å². The zero-order chi connectivity index (χ0) is 18.4. The first-order valence-electron chi connectivity index (χ1n) is 8.37. The molecule has 0 unspecified atom stereocenters. The van der Waals surface area contributed by atoms with Crippen LogP contribution in [0.25, 0.3) is 0 Å². The molecule has 0 radical (unpaired) electrons. The lowest BCUT2D eigenvalue weighted by atomic mass is 10.2. The van der Waals surface area contributed by atoms with Crippen LogP contribution in [0.5, 0.6) is 0 Å². The van der Waals surface area contributed by atoms with Gasteiger partial charge in [-0.2, -0.15) is 0 Å². The molecule has 2 aromatic rings. The molecule has 7 heteroatoms. The van der Waals surface area contributed by atoms with Gasteiger partial charge in [-0.3, -0.25) is 4.79 Å². The molecule has 0 spiro atoms. The molecule has 1 heterocycles. The maximum atomic E-state index is 13.7. The fourth-order valence-electron chi connectivity index (χ4n) is 2.69. The lowest BCUT2D eigenvalue weighted by Gasteiger charge is -2.28. The van der Waals surface area contributed by atoms with Crippen molar-refractivity contribution in [2.75, 3.05) is 42.3 Å². The molecule has 1 amide bonds. The predicted molar refractivity (Wildman–Crippen MR) is 106 cm³/mol. The summed E-state index contributed by atoms with van der Waals surface area (Å²) in [5.41, 5.74) is 2.30. The van der Waals surface area contributed by atoms with E-state index >= 15 is 0 Å². The summed E-state index contributed by atoms with van der Waals surface area (Å²) in [6.07, 6.45) is 0. The summed E-state index contributed by atoms with van der Waals surface area (Å²) < 4.78 is 19.1. The van der Waals surface area contributed by atoms with E-state index in [1.165, 1.54) is 17.8 Å². The molecule has 0 aromatic heterocycles. The number of carbonyl (C=O) groups excluding carboxylic acids is 1. The highest BCUT2D eigenvalue weighted by atomic mass is 35.5. The van der Waals surface area contributed by atoms with Crippen molar-refractivity contribution in [1.29, 1.82) is 0 Å². The summed E-state index contributed by atoms with van der Waals surface area (Å²) in [5, 5.41) is 3.24. The van der Waals surface area contributed by atoms with Gasteiger partial charge in [0.2, 0.25) is 5.91 Å². The smallest absolute Gasteiger partial charge is 0.234 e. The minimum absolute atomic E-state index is 0.124. The van der Waals surface area contributed by atoms with Gasteiger partial charge in [-0.25, -0.2) is 4.39 Å². The first-order valence-corrected chi connectivity index (χ1v) is 9.90. The van der Waals surface area contributed by atoms with Crippen molar-refractivity contribution >= 4 is 40.6 Å². The molecule has 2 aromatic carbocycles. The van der Waals surface area contributed by atoms with Crippen LogP contribution in [0.1, 0.15) is 5.56 Å². The number of benzene rings is 2. The average Bonchev–Trinajstić information content (AvgIpc) is 2.65. The Morgan fingerprint density at radius 3 is 2.62 bits per heavy atom. The zero-order valence-corrected chi connectivity index (χ0v) is 15.8. The first kappa shape index (κ1) is 19.0. The van der Waals surface area contributed by atoms with Gasteiger partial charge >= 0.3 is 0 Å². The van der Waals surface area contributed by atoms with Gasteiger partial charge < -0.3 is 15.0 Å². The third kappa shape index (κ3) is 5.13. The molecule has 1 saturated heterocycles. The van der Waals surface area contributed by atoms with Crippen molar-refractivity contribution in [2.24, 2.45) is 0 Å². The second-order valence-electron chi connectivity index (χ2n) is 5.89. The number of amides is 1. The highest BCUT2D eigenvalue weighted by molar-refractivity contribution is 7.99. The van der Waals surface area contributed by atoms with E-state index in [4.69, 9.17) is 16.3 Å². The predicted octanol–water partition coefficient (Wildman–Crippen LogP) is 4.19. The number of nitrogens with one attached hydrogen (secondary N) is 1. The lowest BCUT2D eigenvalue weighted by Crippen LogP contribution is -2.36. The van der Waals surface area contributed by atoms with Crippen LogP contribution in [0.15, 0.2) is 42.5 Å². The Hall–Kier alpha value is -1.76. The largest absolute Gasteiger partial charge is 0.378 e. The van der Waals surface area contributed by atoms with Gasteiger partial charge in [0.25, 0.3) is 0 Å². The second-order valence-corrected chi connectivity index (χ2v) is 7.28. The number of carbonyl (C=O) groups is 1. The molecule has 0 bridgehead atoms. The zero-order valence-electron chi connectivity index (χ0n) is 14.2. The molecule has 1 N–H and O–H groups in total. The third-order valence-electron chi connectivity index (χ3n) is 4.07. The highest BCUT2D eigenvalue weighted by Crippen LogP contribution is 2.24. The monoisotopic (exact) mass is 394 g/mol. The van der Waals surface area contributed by atoms with Gasteiger partial charge in [-0.05, 0) is 36.4 Å². The van der Waals surface area contributed by atoms with E-state index in [0.717, 1.165) is 37.7 Å². The Kier molecular flexibility index (Phi) is 6.77. The van der Waals surface area contributed by atoms with Crippen LogP contribution in [0.4, 0.5) is 15.8 Å². The number of hydrogen-bond acceptors (Lipinski definition) is 4. The van der Waals surface area contributed by atoms with Gasteiger partial charge in [0.1, 0.15) is 5.82 Å². The van der Waals surface area contributed by atoms with Crippen LogP contribution in [0.3, 0.4) is 0 Å². The van der Waals surface area contributed by atoms with E-state index < -0.39 is 0 Å². The molecule has 0 atom stereocenters. The van der Waals surface area contributed by atoms with E-state index in [1.54, 1.807) is 12.1 Å². The normalized spacial score (nSPS) is 14.3. The molecule has 1 aliphatic heterocycles. The molecular formula is C19H20ClFN2O2S. The summed E-state index contributed by atoms with van der Waals surface area (Å²) in [5.74, 6) is 0.121. The van der Waals surface area contributed by atoms with Crippen LogP contribution in [-0.4, -0.2) is 38.0 Å². The van der Waals surface area contributed by atoms with Crippen LogP contribution in [0.2, 0.25) is 5.02 Å². The molecule has 1 aliphatic rings. The van der Waals surface area contributed by atoms with E-state index in [0.29, 0.717) is 16.3 Å². The number of morpholine rings is 1. The number of nitrogens with zero attached hydrogens (tertiary/aromatic N) is 1. The lowest BCUT2D eigenvalue weighted by molar-refractivity contribution is -0.113. The number of rotatable bonds is 6. The average molecular weight is 395 g/mol. The minimum atomic E-state index is -0.343. The summed E-state index contributed by atoms with van der Waals surface area (Å²) in [4.78, 5) is 14.3. The Bertz CT molecular complexity index is 731. The molecule has 1 fully saturated rings. The number of halogens is 2. The van der Waals surface area contributed by atoms with Crippen LogP contribution in [-0.2, 0) is 15.3 Å². The van der Waals surface area contributed by atoms with Crippen molar-refractivity contribution in [2.45, 2.75) is 5.75 Å². The molecular weight excluding hydrogens is 375 g/mol. The highest BCUT2D eigenvalue weighted by Gasteiger charge is 2.12. The van der Waals surface area contributed by atoms with E-state index in [-0.39, 0.29) is 17.5 Å². The van der Waals surface area contributed by atoms with E-state index in [9.17, 15) is 9.18 Å². The first-order chi connectivity index (χ1) is 12.6. The maximum Gasteiger partial charge on any atom is 0.234 e. The maximum absolute atomic E-state index is 13.7. The van der Waals surface area contributed by atoms with Crippen molar-refractivity contribution < 1.29 is 13.9 Å². The summed E-state index contributed by atoms with van der Waals surface area (Å²) in [7, 11) is 0. The number of anilines is 2. The number of ether oxygens (including phenoxy) is 1. The molecule has 0 aliphatic carbocycles. The van der Waals surface area contributed by atoms with Crippen molar-refractivity contribution in [3.8, 4) is 0 Å². The fraction of sp³-hybridized carbons (Fsp3) is 0.316. The van der Waals surface area contributed by atoms with Gasteiger partial charge in [0.05, 0.1) is 19.0 Å². The van der Waals surface area contributed by atoms with Crippen LogP contribution < -0.4 is 10.2 Å². The molecule has 0 saturated carbocycles. The molecule has 4 nitrogen and oxygen atoms in total. The number of hydrogen-bond donors (Lipinski definition) is 1. The second kappa shape index (κ2) is 9.26. The molecule has 26 heavy (non-hydrogen) atoms. The standard InChI is InChI=1S/C19H20ClFN2O2S/c20-17-2-1-3-18(21)16(17)12-26-13-19(24)22-14-4-6-15(7-5-14)23-8-10-25-11-9-23/h1-7H,8-13H2,(H,22,24). The van der Waals surface area contributed by atoms with Crippen molar-refractivity contribution in [3.63, 3.8) is 0 Å². The molecule has 3 rings (SSSR count). The SMILES string of the molecule is O=C(CSCc1c(F)cccc1Cl)Nc1ccc(N2CCOCC2)cc1. The number of thioether (sulfide) groups is 1. The Labute approximate surface area is 161 Å². The van der Waals surface area contributed by atoms with E-state index in [1.807, 2.05) is 24.3 Å². The van der Waals surface area contributed by atoms with Crippen molar-refractivity contribution in [3.05, 3.63) is 58.9 Å². The van der Waals surface area contributed by atoms with Gasteiger partial charge in [-0.15, -0.1) is 11.8 Å². The Balaban J connectivity index is 1.47. The minimum Gasteiger partial charge on any atom is -0.378 e. The summed E-state index contributed by atoms with van der Waals surface area (Å²) in [6, 6.07) is 12.4. The topological polar surface area (TPSA) is 41.6 Å². The summed E-state index contributed by atoms with van der Waals surface area (Å²) >= 11 is 7.32. The van der Waals surface area contributed by atoms with Gasteiger partial charge in [0.15, 0.2) is 0 Å². The molecule has 138 valence electrons. The van der Waals surface area contributed by atoms with Gasteiger partial charge in [-0.1, -0.05) is 17.7 Å². The van der Waals surface area contributed by atoms with Crippen LogP contribution >= 0.6 is 23.4 Å². The van der Waals surface area contributed by atoms with Crippen molar-refractivity contribution in [1.82, 2.24) is 0 Å². The van der Waals surface area contributed by atoms with Gasteiger partial charge in [0, 0.05) is 40.8 Å².